The van der Waals surface area contributed by atoms with Crippen molar-refractivity contribution in [2.24, 2.45) is 0 Å². The Morgan fingerprint density at radius 1 is 1.82 bits per heavy atom. The summed E-state index contributed by atoms with van der Waals surface area (Å²) in [6, 6.07) is 0. The van der Waals surface area contributed by atoms with E-state index in [0.717, 1.165) is 6.54 Å². The summed E-state index contributed by atoms with van der Waals surface area (Å²) >= 11 is 0. The van der Waals surface area contributed by atoms with Gasteiger partial charge in [0.15, 0.2) is 5.88 Å². The van der Waals surface area contributed by atoms with Gasteiger partial charge >= 0.3 is 0 Å². The first-order valence-corrected chi connectivity index (χ1v) is 3.47. The summed E-state index contributed by atoms with van der Waals surface area (Å²) in [5.74, 6) is 0.647. The van der Waals surface area contributed by atoms with Crippen LogP contribution in [0, 0.1) is 5.41 Å². The molecule has 4 nitrogen and oxygen atoms in total. The van der Waals surface area contributed by atoms with E-state index in [1.54, 1.807) is 13.2 Å². The van der Waals surface area contributed by atoms with Gasteiger partial charge in [-0.15, -0.1) is 0 Å². The highest BCUT2D eigenvalue weighted by Crippen LogP contribution is 2.02. The Bertz CT molecular complexity index is 158. The molecule has 62 valence electrons. The lowest BCUT2D eigenvalue weighted by atomic mass is 10.3. The average molecular weight is 156 g/mol. The first-order chi connectivity index (χ1) is 5.36. The molecule has 0 bridgehead atoms. The second-order valence-electron chi connectivity index (χ2n) is 2.25. The minimum absolute atomic E-state index is 0.123. The first-order valence-electron chi connectivity index (χ1n) is 3.47. The highest BCUT2D eigenvalue weighted by molar-refractivity contribution is 5.68. The molecule has 1 aliphatic heterocycles. The number of hydrogen-bond acceptors (Lipinski definition) is 4. The normalized spacial score (nSPS) is 27.4. The van der Waals surface area contributed by atoms with Crippen LogP contribution >= 0.6 is 0 Å². The van der Waals surface area contributed by atoms with Crippen LogP contribution in [0.25, 0.3) is 0 Å². The van der Waals surface area contributed by atoms with Crippen LogP contribution < -0.4 is 5.32 Å². The van der Waals surface area contributed by atoms with Crippen LogP contribution in [-0.2, 0) is 9.47 Å². The summed E-state index contributed by atoms with van der Waals surface area (Å²) in [5, 5.41) is 9.77. The fourth-order valence-corrected chi connectivity index (χ4v) is 0.841. The summed E-state index contributed by atoms with van der Waals surface area (Å²) in [4.78, 5) is 0. The average Bonchev–Trinajstić information content (AvgIpc) is 2.07. The van der Waals surface area contributed by atoms with Gasteiger partial charge in [0.05, 0.1) is 0 Å². The van der Waals surface area contributed by atoms with Crippen LogP contribution in [0.3, 0.4) is 0 Å². The molecule has 0 aromatic rings. The van der Waals surface area contributed by atoms with Crippen LogP contribution in [0.2, 0.25) is 0 Å². The first kappa shape index (κ1) is 8.07. The van der Waals surface area contributed by atoms with Crippen LogP contribution in [0.15, 0.2) is 12.0 Å². The molecule has 11 heavy (non-hydrogen) atoms. The molecule has 1 atom stereocenters. The van der Waals surface area contributed by atoms with E-state index < -0.39 is 0 Å². The molecule has 0 saturated carbocycles. The highest BCUT2D eigenvalue weighted by atomic mass is 16.5. The van der Waals surface area contributed by atoms with E-state index in [-0.39, 0.29) is 6.10 Å². The Morgan fingerprint density at radius 3 is 3.09 bits per heavy atom. The van der Waals surface area contributed by atoms with Crippen molar-refractivity contribution in [1.82, 2.24) is 5.32 Å². The maximum Gasteiger partial charge on any atom is 0.188 e. The predicted octanol–water partition coefficient (Wildman–Crippen LogP) is 0.112. The second-order valence-corrected chi connectivity index (χ2v) is 2.25. The van der Waals surface area contributed by atoms with Gasteiger partial charge in [0.1, 0.15) is 12.7 Å². The van der Waals surface area contributed by atoms with Crippen LogP contribution in [-0.4, -0.2) is 32.6 Å². The molecule has 0 amide bonds. The minimum atomic E-state index is 0.123. The topological polar surface area (TPSA) is 54.3 Å². The lowest BCUT2D eigenvalue weighted by Crippen LogP contribution is -2.38. The van der Waals surface area contributed by atoms with Gasteiger partial charge in [-0.1, -0.05) is 0 Å². The lowest BCUT2D eigenvalue weighted by molar-refractivity contribution is 0.00335. The van der Waals surface area contributed by atoms with Gasteiger partial charge in [-0.2, -0.15) is 0 Å². The quantitative estimate of drug-likeness (QED) is 0.558. The Morgan fingerprint density at radius 2 is 2.64 bits per heavy atom. The van der Waals surface area contributed by atoms with E-state index in [0.29, 0.717) is 12.5 Å². The number of rotatable bonds is 2. The Hall–Kier alpha value is -1.03. The summed E-state index contributed by atoms with van der Waals surface area (Å²) < 4.78 is 10.2. The van der Waals surface area contributed by atoms with Crippen LogP contribution in [0.4, 0.5) is 0 Å². The van der Waals surface area contributed by atoms with Gasteiger partial charge < -0.3 is 20.2 Å². The van der Waals surface area contributed by atoms with Crippen molar-refractivity contribution in [3.63, 3.8) is 0 Å². The van der Waals surface area contributed by atoms with Crippen LogP contribution in [0.1, 0.15) is 0 Å². The third-order valence-electron chi connectivity index (χ3n) is 1.50. The van der Waals surface area contributed by atoms with Crippen molar-refractivity contribution < 1.29 is 9.47 Å². The van der Waals surface area contributed by atoms with E-state index in [1.807, 2.05) is 0 Å². The third kappa shape index (κ3) is 2.23. The van der Waals surface area contributed by atoms with Gasteiger partial charge in [-0.05, 0) is 0 Å². The van der Waals surface area contributed by atoms with E-state index in [4.69, 9.17) is 14.9 Å². The third-order valence-corrected chi connectivity index (χ3v) is 1.50. The highest BCUT2D eigenvalue weighted by Gasteiger charge is 2.14. The Kier molecular flexibility index (Phi) is 2.92. The molecule has 1 aliphatic rings. The summed E-state index contributed by atoms with van der Waals surface area (Å²) in [7, 11) is 1.65. The van der Waals surface area contributed by atoms with Crippen molar-refractivity contribution >= 4 is 6.21 Å². The van der Waals surface area contributed by atoms with Gasteiger partial charge in [0.2, 0.25) is 0 Å². The molecule has 1 rings (SSSR count). The molecule has 1 fully saturated rings. The van der Waals surface area contributed by atoms with E-state index in [1.165, 1.54) is 6.21 Å². The smallest absolute Gasteiger partial charge is 0.188 e. The predicted molar refractivity (Wildman–Crippen MR) is 41.6 cm³/mol. The molecular weight excluding hydrogens is 144 g/mol. The standard InChI is InChI=1S/C7H12N2O2/c1-10-6-4-9-7(2-3-8)11-5-6/h2-3,6,8-9H,4-5H2,1H3/b7-2+,8-3?/t6-/m0/s1. The SMILES string of the molecule is CO[C@H]1CN/C(=C\C=N)OC1. The van der Waals surface area contributed by atoms with Gasteiger partial charge in [-0.3, -0.25) is 0 Å². The largest absolute Gasteiger partial charge is 0.476 e. The molecule has 0 unspecified atom stereocenters. The molecule has 0 aromatic heterocycles. The molecule has 0 aromatic carbocycles. The lowest BCUT2D eigenvalue weighted by Gasteiger charge is -2.24. The summed E-state index contributed by atoms with van der Waals surface area (Å²) in [5.41, 5.74) is 0. The zero-order valence-electron chi connectivity index (χ0n) is 6.46. The van der Waals surface area contributed by atoms with Crippen molar-refractivity contribution in [3.8, 4) is 0 Å². The minimum Gasteiger partial charge on any atom is -0.476 e. The summed E-state index contributed by atoms with van der Waals surface area (Å²) in [6.07, 6.45) is 2.89. The maximum atomic E-state index is 6.78. The van der Waals surface area contributed by atoms with E-state index in [9.17, 15) is 0 Å². The molecule has 2 N–H and O–H groups in total. The Labute approximate surface area is 65.7 Å². The molecule has 1 heterocycles. The molecule has 0 aliphatic carbocycles. The second kappa shape index (κ2) is 3.98. The zero-order chi connectivity index (χ0) is 8.10. The molecule has 0 radical (unpaired) electrons. The van der Waals surface area contributed by atoms with Gasteiger partial charge in [0, 0.05) is 25.9 Å². The summed E-state index contributed by atoms with van der Waals surface area (Å²) in [6.45, 7) is 1.30. The number of hydrogen-bond donors (Lipinski definition) is 2. The zero-order valence-corrected chi connectivity index (χ0v) is 6.46. The molecule has 4 heteroatoms. The number of nitrogens with one attached hydrogen (secondary N) is 2. The van der Waals surface area contributed by atoms with Gasteiger partial charge in [-0.25, -0.2) is 0 Å². The van der Waals surface area contributed by atoms with Crippen molar-refractivity contribution in [2.75, 3.05) is 20.3 Å². The Balaban J connectivity index is 2.35. The molecular formula is C7H12N2O2. The van der Waals surface area contributed by atoms with Crippen molar-refractivity contribution in [1.29, 1.82) is 5.41 Å². The van der Waals surface area contributed by atoms with Gasteiger partial charge in [0.25, 0.3) is 0 Å². The van der Waals surface area contributed by atoms with E-state index >= 15 is 0 Å². The number of methoxy groups -OCH3 is 1. The van der Waals surface area contributed by atoms with Crippen LogP contribution in [0.5, 0.6) is 0 Å². The van der Waals surface area contributed by atoms with E-state index in [2.05, 4.69) is 5.32 Å². The number of ether oxygens (including phenoxy) is 2. The molecule has 1 saturated heterocycles. The monoisotopic (exact) mass is 156 g/mol. The fraction of sp³-hybridized carbons (Fsp3) is 0.571. The van der Waals surface area contributed by atoms with Crippen molar-refractivity contribution in [3.05, 3.63) is 12.0 Å². The fourth-order valence-electron chi connectivity index (χ4n) is 0.841. The molecule has 0 spiro atoms. The maximum absolute atomic E-state index is 6.78. The van der Waals surface area contributed by atoms with Crippen molar-refractivity contribution in [2.45, 2.75) is 6.10 Å². The number of allylic oxidation sites excluding steroid dienone is 1.